The predicted molar refractivity (Wildman–Crippen MR) is 106 cm³/mol. The van der Waals surface area contributed by atoms with Crippen LogP contribution in [0.4, 0.5) is 5.82 Å². The third-order valence-corrected chi connectivity index (χ3v) is 3.84. The lowest BCUT2D eigenvalue weighted by molar-refractivity contribution is 0.0944. The summed E-state index contributed by atoms with van der Waals surface area (Å²) in [6.07, 6.45) is 1.75. The van der Waals surface area contributed by atoms with Crippen molar-refractivity contribution in [3.05, 3.63) is 72.2 Å². The predicted octanol–water partition coefficient (Wildman–Crippen LogP) is 3.54. The van der Waals surface area contributed by atoms with Crippen molar-refractivity contribution in [1.29, 1.82) is 0 Å². The summed E-state index contributed by atoms with van der Waals surface area (Å²) >= 11 is 0. The van der Waals surface area contributed by atoms with Gasteiger partial charge in [0.25, 0.3) is 5.91 Å². The van der Waals surface area contributed by atoms with E-state index in [9.17, 15) is 4.79 Å². The van der Waals surface area contributed by atoms with Gasteiger partial charge in [-0.05, 0) is 18.1 Å². The summed E-state index contributed by atoms with van der Waals surface area (Å²) in [5.41, 5.74) is 2.09. The van der Waals surface area contributed by atoms with E-state index in [0.717, 1.165) is 11.3 Å². The van der Waals surface area contributed by atoms with Crippen LogP contribution in [0.25, 0.3) is 11.4 Å². The Hall–Kier alpha value is -3.28. The molecule has 3 aromatic rings. The first kappa shape index (κ1) is 18.5. The van der Waals surface area contributed by atoms with Gasteiger partial charge in [-0.2, -0.15) is 0 Å². The van der Waals surface area contributed by atoms with Gasteiger partial charge in [-0.15, -0.1) is 0 Å². The van der Waals surface area contributed by atoms with Gasteiger partial charge in [0.05, 0.1) is 12.2 Å². The molecule has 6 heteroatoms. The summed E-state index contributed by atoms with van der Waals surface area (Å²) in [6, 6.07) is 17.0. The Kier molecular flexibility index (Phi) is 6.10. The average Bonchev–Trinajstić information content (AvgIpc) is 2.71. The molecule has 0 atom stereocenters. The van der Waals surface area contributed by atoms with E-state index in [4.69, 9.17) is 0 Å². The van der Waals surface area contributed by atoms with Crippen molar-refractivity contribution in [1.82, 2.24) is 20.3 Å². The molecule has 1 aromatic carbocycles. The lowest BCUT2D eigenvalue weighted by Gasteiger charge is -2.11. The normalized spacial score (nSPS) is 10.6. The maximum atomic E-state index is 12.5. The smallest absolute Gasteiger partial charge is 0.270 e. The number of hydrogen-bond acceptors (Lipinski definition) is 5. The van der Waals surface area contributed by atoms with Crippen LogP contribution in [0.5, 0.6) is 0 Å². The standard InChI is InChI=1S/C21H23N5O/c1-15(2)13-24-21(27)18-12-19(23-14-17-10-6-7-11-22-17)26-20(25-18)16-8-4-3-5-9-16/h3-12,15H,13-14H2,1-2H3,(H,24,27)(H,23,25,26). The van der Waals surface area contributed by atoms with Crippen molar-refractivity contribution in [2.75, 3.05) is 11.9 Å². The first-order chi connectivity index (χ1) is 13.1. The molecule has 6 nitrogen and oxygen atoms in total. The van der Waals surface area contributed by atoms with Gasteiger partial charge in [0.2, 0.25) is 0 Å². The average molecular weight is 361 g/mol. The number of benzene rings is 1. The van der Waals surface area contributed by atoms with Crippen LogP contribution in [-0.2, 0) is 6.54 Å². The third kappa shape index (κ3) is 5.34. The number of rotatable bonds is 7. The van der Waals surface area contributed by atoms with Crippen molar-refractivity contribution in [2.45, 2.75) is 20.4 Å². The molecule has 1 amide bonds. The Balaban J connectivity index is 1.87. The molecule has 2 N–H and O–H groups in total. The maximum absolute atomic E-state index is 12.5. The van der Waals surface area contributed by atoms with E-state index in [0.29, 0.717) is 36.3 Å². The molecular weight excluding hydrogens is 338 g/mol. The van der Waals surface area contributed by atoms with Crippen LogP contribution in [0.1, 0.15) is 30.0 Å². The topological polar surface area (TPSA) is 79.8 Å². The Bertz CT molecular complexity index is 882. The highest BCUT2D eigenvalue weighted by Gasteiger charge is 2.13. The lowest BCUT2D eigenvalue weighted by atomic mass is 10.2. The van der Waals surface area contributed by atoms with Gasteiger partial charge in [0.1, 0.15) is 11.5 Å². The van der Waals surface area contributed by atoms with Crippen LogP contribution in [0.2, 0.25) is 0 Å². The fourth-order valence-electron chi connectivity index (χ4n) is 2.44. The maximum Gasteiger partial charge on any atom is 0.270 e. The molecule has 0 fully saturated rings. The SMILES string of the molecule is CC(C)CNC(=O)c1cc(NCc2ccccn2)nc(-c2ccccc2)n1. The van der Waals surface area contributed by atoms with Crippen LogP contribution >= 0.6 is 0 Å². The summed E-state index contributed by atoms with van der Waals surface area (Å²) in [5, 5.41) is 6.15. The number of nitrogens with zero attached hydrogens (tertiary/aromatic N) is 3. The Morgan fingerprint density at radius 2 is 1.81 bits per heavy atom. The van der Waals surface area contributed by atoms with Crippen molar-refractivity contribution >= 4 is 11.7 Å². The van der Waals surface area contributed by atoms with Crippen molar-refractivity contribution in [3.8, 4) is 11.4 Å². The van der Waals surface area contributed by atoms with Crippen molar-refractivity contribution in [3.63, 3.8) is 0 Å². The van der Waals surface area contributed by atoms with Gasteiger partial charge in [0, 0.05) is 24.4 Å². The van der Waals surface area contributed by atoms with Gasteiger partial charge in [0.15, 0.2) is 5.82 Å². The molecule has 138 valence electrons. The second-order valence-electron chi connectivity index (χ2n) is 6.61. The molecule has 0 spiro atoms. The zero-order valence-electron chi connectivity index (χ0n) is 15.5. The Morgan fingerprint density at radius 3 is 2.52 bits per heavy atom. The van der Waals surface area contributed by atoms with E-state index >= 15 is 0 Å². The summed E-state index contributed by atoms with van der Waals surface area (Å²) in [6.45, 7) is 5.21. The van der Waals surface area contributed by atoms with E-state index in [-0.39, 0.29) is 5.91 Å². The van der Waals surface area contributed by atoms with Crippen molar-refractivity contribution in [2.24, 2.45) is 5.92 Å². The van der Waals surface area contributed by atoms with E-state index < -0.39 is 0 Å². The minimum Gasteiger partial charge on any atom is -0.364 e. The van der Waals surface area contributed by atoms with Crippen LogP contribution < -0.4 is 10.6 Å². The molecular formula is C21H23N5O. The van der Waals surface area contributed by atoms with Crippen molar-refractivity contribution < 1.29 is 4.79 Å². The minimum absolute atomic E-state index is 0.204. The molecule has 0 radical (unpaired) electrons. The number of amides is 1. The fraction of sp³-hybridized carbons (Fsp3) is 0.238. The molecule has 0 aliphatic heterocycles. The number of aromatic nitrogens is 3. The monoisotopic (exact) mass is 361 g/mol. The highest BCUT2D eigenvalue weighted by atomic mass is 16.1. The van der Waals surface area contributed by atoms with Crippen LogP contribution in [0.15, 0.2) is 60.8 Å². The quantitative estimate of drug-likeness (QED) is 0.673. The zero-order chi connectivity index (χ0) is 19.1. The zero-order valence-corrected chi connectivity index (χ0v) is 15.5. The Labute approximate surface area is 159 Å². The molecule has 3 rings (SSSR count). The second-order valence-corrected chi connectivity index (χ2v) is 6.61. The minimum atomic E-state index is -0.204. The fourth-order valence-corrected chi connectivity index (χ4v) is 2.44. The summed E-state index contributed by atoms with van der Waals surface area (Å²) in [5.74, 6) is 1.26. The number of carbonyl (C=O) groups excluding carboxylic acids is 1. The molecule has 27 heavy (non-hydrogen) atoms. The van der Waals surface area contributed by atoms with Crippen LogP contribution in [0, 0.1) is 5.92 Å². The summed E-state index contributed by atoms with van der Waals surface area (Å²) in [7, 11) is 0. The lowest BCUT2D eigenvalue weighted by Crippen LogP contribution is -2.28. The number of hydrogen-bond donors (Lipinski definition) is 2. The molecule has 0 bridgehead atoms. The van der Waals surface area contributed by atoms with E-state index in [2.05, 4.69) is 39.4 Å². The molecule has 0 saturated carbocycles. The first-order valence-electron chi connectivity index (χ1n) is 8.98. The molecule has 0 saturated heterocycles. The van der Waals surface area contributed by atoms with Gasteiger partial charge in [-0.25, -0.2) is 9.97 Å². The van der Waals surface area contributed by atoms with Gasteiger partial charge < -0.3 is 10.6 Å². The molecule has 2 aromatic heterocycles. The number of anilines is 1. The summed E-state index contributed by atoms with van der Waals surface area (Å²) < 4.78 is 0. The Morgan fingerprint density at radius 1 is 1.04 bits per heavy atom. The summed E-state index contributed by atoms with van der Waals surface area (Å²) in [4.78, 5) is 25.8. The van der Waals surface area contributed by atoms with E-state index in [1.54, 1.807) is 12.3 Å². The second kappa shape index (κ2) is 8.89. The molecule has 0 unspecified atom stereocenters. The van der Waals surface area contributed by atoms with Crippen LogP contribution in [0.3, 0.4) is 0 Å². The molecule has 0 aliphatic carbocycles. The highest BCUT2D eigenvalue weighted by molar-refractivity contribution is 5.93. The van der Waals surface area contributed by atoms with E-state index in [1.807, 2.05) is 48.5 Å². The highest BCUT2D eigenvalue weighted by Crippen LogP contribution is 2.18. The molecule has 2 heterocycles. The van der Waals surface area contributed by atoms with Gasteiger partial charge in [-0.1, -0.05) is 50.2 Å². The largest absolute Gasteiger partial charge is 0.364 e. The number of carbonyl (C=O) groups is 1. The van der Waals surface area contributed by atoms with Gasteiger partial charge in [-0.3, -0.25) is 9.78 Å². The van der Waals surface area contributed by atoms with E-state index in [1.165, 1.54) is 0 Å². The molecule has 0 aliphatic rings. The number of nitrogens with one attached hydrogen (secondary N) is 2. The first-order valence-corrected chi connectivity index (χ1v) is 8.98. The van der Waals surface area contributed by atoms with Crippen LogP contribution in [-0.4, -0.2) is 27.4 Å². The third-order valence-electron chi connectivity index (χ3n) is 3.84. The number of pyridine rings is 1. The van der Waals surface area contributed by atoms with Gasteiger partial charge >= 0.3 is 0 Å².